The summed E-state index contributed by atoms with van der Waals surface area (Å²) in [5.41, 5.74) is 0. The molecule has 0 nitrogen and oxygen atoms in total. The Morgan fingerprint density at radius 2 is 1.89 bits per heavy atom. The Labute approximate surface area is 69.2 Å². The molecule has 2 heteroatoms. The molecule has 0 fully saturated rings. The molecule has 2 unspecified atom stereocenters. The largest absolute Gasteiger partial charge is 0.175 e. The fourth-order valence-electron chi connectivity index (χ4n) is 0.654. The molecule has 0 saturated heterocycles. The van der Waals surface area contributed by atoms with Crippen LogP contribution in [-0.4, -0.2) is 10.5 Å². The Bertz CT molecular complexity index is 61.9. The number of thiol groups is 2. The lowest BCUT2D eigenvalue weighted by atomic mass is 10.1. The van der Waals surface area contributed by atoms with Crippen LogP contribution in [0.5, 0.6) is 0 Å². The molecule has 0 aliphatic heterocycles. The van der Waals surface area contributed by atoms with Gasteiger partial charge in [-0.2, -0.15) is 25.3 Å². The second-order valence-electron chi connectivity index (χ2n) is 2.45. The van der Waals surface area contributed by atoms with E-state index in [1.165, 1.54) is 19.3 Å². The van der Waals surface area contributed by atoms with E-state index in [4.69, 9.17) is 0 Å². The molecule has 0 bridgehead atoms. The fourth-order valence-corrected chi connectivity index (χ4v) is 0.986. The molecule has 0 rings (SSSR count). The number of hydrogen-bond acceptors (Lipinski definition) is 2. The molecule has 0 spiro atoms. The van der Waals surface area contributed by atoms with Gasteiger partial charge in [0, 0.05) is 10.5 Å². The molecule has 0 saturated carbocycles. The van der Waals surface area contributed by atoms with Gasteiger partial charge in [-0.1, -0.05) is 26.7 Å². The molecule has 9 heavy (non-hydrogen) atoms. The van der Waals surface area contributed by atoms with Crippen LogP contribution in [0.15, 0.2) is 0 Å². The van der Waals surface area contributed by atoms with Crippen LogP contribution in [0.25, 0.3) is 0 Å². The van der Waals surface area contributed by atoms with Crippen molar-refractivity contribution in [2.75, 3.05) is 0 Å². The maximum atomic E-state index is 4.38. The summed E-state index contributed by atoms with van der Waals surface area (Å²) in [7, 11) is 0. The van der Waals surface area contributed by atoms with Crippen molar-refractivity contribution >= 4 is 25.3 Å². The highest BCUT2D eigenvalue weighted by Crippen LogP contribution is 2.14. The highest BCUT2D eigenvalue weighted by Gasteiger charge is 2.06. The molecule has 0 aromatic rings. The minimum Gasteiger partial charge on any atom is -0.175 e. The molecule has 0 heterocycles. The van der Waals surface area contributed by atoms with Crippen molar-refractivity contribution in [1.29, 1.82) is 0 Å². The van der Waals surface area contributed by atoms with E-state index < -0.39 is 0 Å². The van der Waals surface area contributed by atoms with Gasteiger partial charge < -0.3 is 0 Å². The Morgan fingerprint density at radius 1 is 1.33 bits per heavy atom. The lowest BCUT2D eigenvalue weighted by Gasteiger charge is -2.12. The predicted octanol–water partition coefficient (Wildman–Crippen LogP) is 2.79. The topological polar surface area (TPSA) is 0 Å². The van der Waals surface area contributed by atoms with Gasteiger partial charge in [0.1, 0.15) is 0 Å². The van der Waals surface area contributed by atoms with E-state index in [1.807, 2.05) is 0 Å². The van der Waals surface area contributed by atoms with Crippen LogP contribution in [0, 0.1) is 0 Å². The first-order valence-electron chi connectivity index (χ1n) is 3.54. The van der Waals surface area contributed by atoms with Gasteiger partial charge >= 0.3 is 0 Å². The number of hydrogen-bond donors (Lipinski definition) is 2. The first kappa shape index (κ1) is 9.70. The van der Waals surface area contributed by atoms with Crippen molar-refractivity contribution < 1.29 is 0 Å². The first-order chi connectivity index (χ1) is 4.18. The molecule has 0 radical (unpaired) electrons. The average Bonchev–Trinajstić information content (AvgIpc) is 1.82. The number of rotatable bonds is 4. The third-order valence-electron chi connectivity index (χ3n) is 1.41. The fraction of sp³-hybridized carbons (Fsp3) is 1.00. The average molecular weight is 164 g/mol. The van der Waals surface area contributed by atoms with Crippen LogP contribution in [-0.2, 0) is 0 Å². The van der Waals surface area contributed by atoms with Gasteiger partial charge in [0.15, 0.2) is 0 Å². The standard InChI is InChI=1S/C7H16S2/c1-3-4-5-7(9)6(2)8/h6-9H,3-5H2,1-2H3. The maximum absolute atomic E-state index is 4.38. The third kappa shape index (κ3) is 5.16. The summed E-state index contributed by atoms with van der Waals surface area (Å²) in [6.45, 7) is 4.29. The first-order valence-corrected chi connectivity index (χ1v) is 4.58. The molecule has 0 aromatic heterocycles. The lowest BCUT2D eigenvalue weighted by Crippen LogP contribution is -2.10. The van der Waals surface area contributed by atoms with Gasteiger partial charge in [-0.15, -0.1) is 0 Å². The molecule has 2 atom stereocenters. The Morgan fingerprint density at radius 3 is 2.22 bits per heavy atom. The van der Waals surface area contributed by atoms with Crippen molar-refractivity contribution in [3.63, 3.8) is 0 Å². The van der Waals surface area contributed by atoms with Crippen LogP contribution in [0.1, 0.15) is 33.1 Å². The van der Waals surface area contributed by atoms with E-state index >= 15 is 0 Å². The molecule has 0 aromatic carbocycles. The molecule has 56 valence electrons. The second kappa shape index (κ2) is 5.48. The summed E-state index contributed by atoms with van der Waals surface area (Å²) in [6.07, 6.45) is 3.74. The SMILES string of the molecule is CCCCC(S)C(C)S. The minimum atomic E-state index is 0.430. The Hall–Kier alpha value is 0.700. The molecule has 0 aliphatic rings. The van der Waals surface area contributed by atoms with Crippen LogP contribution in [0.4, 0.5) is 0 Å². The van der Waals surface area contributed by atoms with Crippen LogP contribution >= 0.6 is 25.3 Å². The van der Waals surface area contributed by atoms with E-state index in [9.17, 15) is 0 Å². The summed E-state index contributed by atoms with van der Waals surface area (Å²) in [4.78, 5) is 0. The van der Waals surface area contributed by atoms with Gasteiger partial charge in [0.25, 0.3) is 0 Å². The molecule has 0 N–H and O–H groups in total. The van der Waals surface area contributed by atoms with Gasteiger partial charge in [0.2, 0.25) is 0 Å². The van der Waals surface area contributed by atoms with E-state index in [-0.39, 0.29) is 0 Å². The van der Waals surface area contributed by atoms with Gasteiger partial charge in [0.05, 0.1) is 0 Å². The van der Waals surface area contributed by atoms with E-state index in [1.54, 1.807) is 0 Å². The lowest BCUT2D eigenvalue weighted by molar-refractivity contribution is 0.682. The third-order valence-corrected chi connectivity index (χ3v) is 2.71. The van der Waals surface area contributed by atoms with E-state index in [0.29, 0.717) is 10.5 Å². The second-order valence-corrected chi connectivity index (χ2v) is 3.93. The molecular weight excluding hydrogens is 148 g/mol. The van der Waals surface area contributed by atoms with Crippen molar-refractivity contribution in [2.45, 2.75) is 43.6 Å². The Kier molecular flexibility index (Phi) is 5.91. The zero-order valence-electron chi connectivity index (χ0n) is 6.17. The van der Waals surface area contributed by atoms with Gasteiger partial charge in [-0.3, -0.25) is 0 Å². The van der Waals surface area contributed by atoms with Gasteiger partial charge in [-0.25, -0.2) is 0 Å². The van der Waals surface area contributed by atoms with Crippen LogP contribution in [0.2, 0.25) is 0 Å². The zero-order valence-corrected chi connectivity index (χ0v) is 7.96. The molecule has 0 amide bonds. The van der Waals surface area contributed by atoms with Crippen LogP contribution in [0.3, 0.4) is 0 Å². The van der Waals surface area contributed by atoms with Crippen LogP contribution < -0.4 is 0 Å². The molecular formula is C7H16S2. The van der Waals surface area contributed by atoms with Crippen molar-refractivity contribution in [1.82, 2.24) is 0 Å². The van der Waals surface area contributed by atoms with Gasteiger partial charge in [-0.05, 0) is 6.42 Å². The summed E-state index contributed by atoms with van der Waals surface area (Å²) >= 11 is 8.67. The normalized spacial score (nSPS) is 17.3. The number of unbranched alkanes of at least 4 members (excludes halogenated alkanes) is 1. The summed E-state index contributed by atoms with van der Waals surface area (Å²) in [6, 6.07) is 0. The zero-order chi connectivity index (χ0) is 7.28. The summed E-state index contributed by atoms with van der Waals surface area (Å²) < 4.78 is 0. The van der Waals surface area contributed by atoms with Crippen molar-refractivity contribution in [3.05, 3.63) is 0 Å². The summed E-state index contributed by atoms with van der Waals surface area (Å²) in [5.74, 6) is 0. The Balaban J connectivity index is 3.16. The van der Waals surface area contributed by atoms with Crippen molar-refractivity contribution in [3.8, 4) is 0 Å². The van der Waals surface area contributed by atoms with E-state index in [2.05, 4.69) is 39.1 Å². The minimum absolute atomic E-state index is 0.430. The highest BCUT2D eigenvalue weighted by atomic mass is 32.1. The smallest absolute Gasteiger partial charge is 0.0131 e. The quantitative estimate of drug-likeness (QED) is 0.587. The van der Waals surface area contributed by atoms with Crippen molar-refractivity contribution in [2.24, 2.45) is 0 Å². The predicted molar refractivity (Wildman–Crippen MR) is 50.7 cm³/mol. The monoisotopic (exact) mass is 164 g/mol. The molecule has 0 aliphatic carbocycles. The maximum Gasteiger partial charge on any atom is 0.0131 e. The van der Waals surface area contributed by atoms with E-state index in [0.717, 1.165) is 0 Å². The summed E-state index contributed by atoms with van der Waals surface area (Å²) in [5, 5.41) is 0.910. The highest BCUT2D eigenvalue weighted by molar-refractivity contribution is 7.85.